The van der Waals surface area contributed by atoms with Crippen LogP contribution in [0.5, 0.6) is 0 Å². The van der Waals surface area contributed by atoms with Crippen LogP contribution in [-0.4, -0.2) is 12.5 Å². The van der Waals surface area contributed by atoms with Gasteiger partial charge in [-0.2, -0.15) is 0 Å². The molecule has 2 nitrogen and oxygen atoms in total. The molecule has 0 fully saturated rings. The Kier molecular flexibility index (Phi) is 2.77. The van der Waals surface area contributed by atoms with E-state index in [1.54, 1.807) is 20.1 Å². The van der Waals surface area contributed by atoms with Gasteiger partial charge >= 0.3 is 0 Å². The normalized spacial score (nSPS) is 12.2. The molecule has 0 heterocycles. The van der Waals surface area contributed by atoms with Gasteiger partial charge in [0.2, 0.25) is 6.29 Å². The molecule has 0 unspecified atom stereocenters. The molecular weight excluding hydrogens is 102 g/mol. The second-order valence-electron chi connectivity index (χ2n) is 1.48. The molecule has 0 aromatic rings. The third-order valence-corrected chi connectivity index (χ3v) is 0.903. The maximum Gasteiger partial charge on any atom is 0.229 e. The summed E-state index contributed by atoms with van der Waals surface area (Å²) in [5.41, 5.74) is 0.986. The highest BCUT2D eigenvalue weighted by Crippen LogP contribution is 1.94. The minimum Gasteiger partial charge on any atom is -0.298 e. The highest BCUT2D eigenvalue weighted by Gasteiger charge is 1.89. The molecule has 0 atom stereocenters. The van der Waals surface area contributed by atoms with Crippen LogP contribution in [0, 0.1) is 5.41 Å². The zero-order chi connectivity index (χ0) is 6.57. The molecule has 0 rings (SSSR count). The summed E-state index contributed by atoms with van der Waals surface area (Å²) in [6.07, 6.45) is 3.75. The Hall–Kier alpha value is -0.920. The van der Waals surface area contributed by atoms with Crippen molar-refractivity contribution in [2.75, 3.05) is 0 Å². The van der Waals surface area contributed by atoms with E-state index in [1.807, 2.05) is 0 Å². The summed E-state index contributed by atoms with van der Waals surface area (Å²) in [7, 11) is 0. The van der Waals surface area contributed by atoms with E-state index in [-0.39, 0.29) is 0 Å². The van der Waals surface area contributed by atoms with Gasteiger partial charge in [-0.05, 0) is 19.4 Å². The minimum absolute atomic E-state index is 0.444. The van der Waals surface area contributed by atoms with E-state index < -0.39 is 0 Å². The summed E-state index contributed by atoms with van der Waals surface area (Å²) in [5.74, 6) is 0. The van der Waals surface area contributed by atoms with Gasteiger partial charge in [0.15, 0.2) is 0 Å². The smallest absolute Gasteiger partial charge is 0.229 e. The van der Waals surface area contributed by atoms with Crippen LogP contribution in [0.25, 0.3) is 0 Å². The van der Waals surface area contributed by atoms with Crippen molar-refractivity contribution in [3.8, 4) is 0 Å². The van der Waals surface area contributed by atoms with Crippen molar-refractivity contribution in [3.05, 3.63) is 11.1 Å². The van der Waals surface area contributed by atoms with Crippen molar-refractivity contribution < 1.29 is 4.79 Å². The predicted octanol–water partition coefficient (Wildman–Crippen LogP) is 0.959. The Morgan fingerprint density at radius 3 is 2.00 bits per heavy atom. The number of hydrogen-bond acceptors (Lipinski definition) is 2. The van der Waals surface area contributed by atoms with Gasteiger partial charge < -0.3 is 0 Å². The Labute approximate surface area is 48.7 Å². The first-order chi connectivity index (χ1) is 3.72. The maximum absolute atomic E-state index is 9.80. The quantitative estimate of drug-likeness (QED) is 0.416. The van der Waals surface area contributed by atoms with Crippen molar-refractivity contribution in [3.63, 3.8) is 0 Å². The fourth-order valence-corrected chi connectivity index (χ4v) is 0.170. The van der Waals surface area contributed by atoms with E-state index in [0.717, 1.165) is 0 Å². The lowest BCUT2D eigenvalue weighted by atomic mass is 10.2. The number of rotatable bonds is 2. The van der Waals surface area contributed by atoms with Crippen molar-refractivity contribution in [1.29, 1.82) is 5.41 Å². The number of carbonyl (C=O) groups excluding carboxylic acids is 1. The molecule has 2 radical (unpaired) electrons. The summed E-state index contributed by atoms with van der Waals surface area (Å²) in [6, 6.07) is 0. The molecule has 1 N–H and O–H groups in total. The van der Waals surface area contributed by atoms with Crippen LogP contribution in [0.1, 0.15) is 13.8 Å². The molecule has 2 heteroatoms. The van der Waals surface area contributed by atoms with Crippen LogP contribution >= 0.6 is 0 Å². The molecule has 8 heavy (non-hydrogen) atoms. The summed E-state index contributed by atoms with van der Waals surface area (Å²) < 4.78 is 0. The van der Waals surface area contributed by atoms with Gasteiger partial charge in [-0.1, -0.05) is 0 Å². The summed E-state index contributed by atoms with van der Waals surface area (Å²) in [4.78, 5) is 9.80. The van der Waals surface area contributed by atoms with Crippen LogP contribution in [0.15, 0.2) is 11.1 Å². The fraction of sp³-hybridized carbons (Fsp3) is 0.333. The van der Waals surface area contributed by atoms with E-state index in [2.05, 4.69) is 6.21 Å². The molecule has 0 bridgehead atoms. The monoisotopic (exact) mass is 109 g/mol. The molecule has 0 amide bonds. The lowest BCUT2D eigenvalue weighted by molar-refractivity contribution is 0.561. The standard InChI is InChI=1S/C6H7NO/c1-5(3-7)6(2)4-8/h7H,1-2H3/b6-5-,7-3?. The van der Waals surface area contributed by atoms with Crippen molar-refractivity contribution in [1.82, 2.24) is 0 Å². The average Bonchev–Trinajstić information content (AvgIpc) is 1.84. The summed E-state index contributed by atoms with van der Waals surface area (Å²) in [6.45, 7) is 3.25. The molecule has 0 aliphatic heterocycles. The third kappa shape index (κ3) is 1.69. The van der Waals surface area contributed by atoms with Crippen LogP contribution < -0.4 is 0 Å². The molecule has 0 spiro atoms. The Morgan fingerprint density at radius 1 is 1.38 bits per heavy atom. The first-order valence-electron chi connectivity index (χ1n) is 2.20. The minimum atomic E-state index is 0.444. The SMILES string of the molecule is C/C([C]=N)=C(\C)[C]=O. The van der Waals surface area contributed by atoms with E-state index in [1.165, 1.54) is 0 Å². The first-order valence-corrected chi connectivity index (χ1v) is 2.20. The molecule has 0 aliphatic carbocycles. The van der Waals surface area contributed by atoms with Crippen molar-refractivity contribution >= 4 is 12.5 Å². The molecule has 0 aromatic heterocycles. The van der Waals surface area contributed by atoms with Gasteiger partial charge in [0.1, 0.15) is 0 Å². The topological polar surface area (TPSA) is 40.9 Å². The van der Waals surface area contributed by atoms with Crippen LogP contribution in [0.2, 0.25) is 0 Å². The first kappa shape index (κ1) is 7.08. The van der Waals surface area contributed by atoms with Gasteiger partial charge in [0.25, 0.3) is 0 Å². The third-order valence-electron chi connectivity index (χ3n) is 0.903. The zero-order valence-corrected chi connectivity index (χ0v) is 4.91. The Bertz CT molecular complexity index is 119. The lowest BCUT2D eigenvalue weighted by Gasteiger charge is -1.85. The summed E-state index contributed by atoms with van der Waals surface area (Å²) >= 11 is 0. The van der Waals surface area contributed by atoms with Gasteiger partial charge in [-0.3, -0.25) is 10.2 Å². The predicted molar refractivity (Wildman–Crippen MR) is 31.8 cm³/mol. The fourth-order valence-electron chi connectivity index (χ4n) is 0.170. The highest BCUT2D eigenvalue weighted by molar-refractivity contribution is 5.86. The molecule has 0 saturated heterocycles. The van der Waals surface area contributed by atoms with Gasteiger partial charge in [0, 0.05) is 5.57 Å². The lowest BCUT2D eigenvalue weighted by Crippen LogP contribution is -1.84. The second-order valence-corrected chi connectivity index (χ2v) is 1.48. The Balaban J connectivity index is 4.25. The van der Waals surface area contributed by atoms with E-state index >= 15 is 0 Å². The largest absolute Gasteiger partial charge is 0.298 e. The maximum atomic E-state index is 9.80. The van der Waals surface area contributed by atoms with E-state index in [9.17, 15) is 4.79 Å². The zero-order valence-electron chi connectivity index (χ0n) is 4.91. The number of nitrogens with one attached hydrogen (secondary N) is 1. The van der Waals surface area contributed by atoms with E-state index in [4.69, 9.17) is 5.41 Å². The highest BCUT2D eigenvalue weighted by atomic mass is 16.1. The average molecular weight is 109 g/mol. The van der Waals surface area contributed by atoms with Crippen LogP contribution in [-0.2, 0) is 4.79 Å². The van der Waals surface area contributed by atoms with Gasteiger partial charge in [-0.15, -0.1) is 0 Å². The second kappa shape index (κ2) is 3.13. The van der Waals surface area contributed by atoms with Crippen molar-refractivity contribution in [2.45, 2.75) is 13.8 Å². The van der Waals surface area contributed by atoms with Gasteiger partial charge in [-0.25, -0.2) is 0 Å². The van der Waals surface area contributed by atoms with Crippen molar-refractivity contribution in [2.24, 2.45) is 0 Å². The Morgan fingerprint density at radius 2 is 1.88 bits per heavy atom. The van der Waals surface area contributed by atoms with Crippen LogP contribution in [0.4, 0.5) is 0 Å². The number of allylic oxidation sites excluding steroid dienone is 2. The van der Waals surface area contributed by atoms with Gasteiger partial charge in [0.05, 0.1) is 6.21 Å². The molecule has 42 valence electrons. The molecule has 0 saturated carbocycles. The number of hydrogen-bond donors (Lipinski definition) is 1. The van der Waals surface area contributed by atoms with E-state index in [0.29, 0.717) is 11.1 Å². The molecular formula is C6H7NO. The summed E-state index contributed by atoms with van der Waals surface area (Å²) in [5, 5.41) is 6.56. The molecule has 0 aliphatic rings. The molecule has 0 aromatic carbocycles. The van der Waals surface area contributed by atoms with Crippen LogP contribution in [0.3, 0.4) is 0 Å².